The van der Waals surface area contributed by atoms with Crippen LogP contribution in [0.1, 0.15) is 6.42 Å². The molecule has 0 spiro atoms. The first kappa shape index (κ1) is 9.36. The standard InChI is InChI=1S/C10H13ClN4/c11-9-1-2-10(14-13-9)15-4-3-7-5-12-6-8(7)15/h1-2,7-8,12H,3-6H2/t7-,8+/m0/s1. The molecule has 0 unspecified atom stereocenters. The van der Waals surface area contributed by atoms with Gasteiger partial charge in [0.25, 0.3) is 0 Å². The van der Waals surface area contributed by atoms with Gasteiger partial charge in [0.1, 0.15) is 0 Å². The molecule has 3 rings (SSSR count). The Morgan fingerprint density at radius 2 is 2.27 bits per heavy atom. The zero-order chi connectivity index (χ0) is 10.3. The third kappa shape index (κ3) is 1.58. The van der Waals surface area contributed by atoms with Gasteiger partial charge in [-0.1, -0.05) is 11.6 Å². The number of hydrogen-bond acceptors (Lipinski definition) is 4. The van der Waals surface area contributed by atoms with Crippen molar-refractivity contribution in [2.24, 2.45) is 5.92 Å². The molecule has 0 amide bonds. The molecule has 0 aromatic carbocycles. The molecule has 0 radical (unpaired) electrons. The Morgan fingerprint density at radius 3 is 3.07 bits per heavy atom. The number of aromatic nitrogens is 2. The third-order valence-corrected chi connectivity index (χ3v) is 3.56. The van der Waals surface area contributed by atoms with Crippen molar-refractivity contribution < 1.29 is 0 Å². The van der Waals surface area contributed by atoms with Gasteiger partial charge in [0, 0.05) is 25.7 Å². The Labute approximate surface area is 93.6 Å². The maximum Gasteiger partial charge on any atom is 0.151 e. The van der Waals surface area contributed by atoms with Crippen LogP contribution >= 0.6 is 11.6 Å². The summed E-state index contributed by atoms with van der Waals surface area (Å²) in [6.07, 6.45) is 1.25. The molecule has 3 heterocycles. The molecule has 0 saturated carbocycles. The highest BCUT2D eigenvalue weighted by atomic mass is 35.5. The summed E-state index contributed by atoms with van der Waals surface area (Å²) in [5.41, 5.74) is 0. The lowest BCUT2D eigenvalue weighted by molar-refractivity contribution is 0.577. The summed E-state index contributed by atoms with van der Waals surface area (Å²) in [5.74, 6) is 1.73. The predicted molar refractivity (Wildman–Crippen MR) is 59.2 cm³/mol. The fourth-order valence-electron chi connectivity index (χ4n) is 2.60. The second kappa shape index (κ2) is 3.61. The summed E-state index contributed by atoms with van der Waals surface area (Å²) in [4.78, 5) is 2.34. The summed E-state index contributed by atoms with van der Waals surface area (Å²) in [7, 11) is 0. The van der Waals surface area contributed by atoms with E-state index in [1.165, 1.54) is 6.42 Å². The molecule has 2 fully saturated rings. The molecule has 2 atom stereocenters. The van der Waals surface area contributed by atoms with Gasteiger partial charge in [-0.15, -0.1) is 10.2 Å². The van der Waals surface area contributed by atoms with E-state index >= 15 is 0 Å². The average molecular weight is 225 g/mol. The van der Waals surface area contributed by atoms with E-state index in [0.717, 1.165) is 31.4 Å². The zero-order valence-corrected chi connectivity index (χ0v) is 9.11. The van der Waals surface area contributed by atoms with Gasteiger partial charge in [-0.25, -0.2) is 0 Å². The van der Waals surface area contributed by atoms with Gasteiger partial charge >= 0.3 is 0 Å². The van der Waals surface area contributed by atoms with E-state index in [2.05, 4.69) is 20.4 Å². The van der Waals surface area contributed by atoms with Crippen molar-refractivity contribution in [1.82, 2.24) is 15.5 Å². The van der Waals surface area contributed by atoms with E-state index in [-0.39, 0.29) is 0 Å². The van der Waals surface area contributed by atoms with Crippen LogP contribution in [-0.4, -0.2) is 35.9 Å². The summed E-state index contributed by atoms with van der Waals surface area (Å²) in [5, 5.41) is 11.9. The molecule has 1 N–H and O–H groups in total. The molecule has 0 bridgehead atoms. The number of rotatable bonds is 1. The average Bonchev–Trinajstić information content (AvgIpc) is 2.80. The first-order valence-corrected chi connectivity index (χ1v) is 5.69. The second-order valence-electron chi connectivity index (χ2n) is 4.18. The van der Waals surface area contributed by atoms with E-state index in [1.54, 1.807) is 6.07 Å². The van der Waals surface area contributed by atoms with E-state index in [0.29, 0.717) is 11.2 Å². The first-order valence-electron chi connectivity index (χ1n) is 5.31. The molecule has 1 aromatic heterocycles. The molecule has 2 saturated heterocycles. The fourth-order valence-corrected chi connectivity index (χ4v) is 2.70. The quantitative estimate of drug-likeness (QED) is 0.771. The van der Waals surface area contributed by atoms with Crippen molar-refractivity contribution in [2.75, 3.05) is 24.5 Å². The number of halogens is 1. The Morgan fingerprint density at radius 1 is 1.33 bits per heavy atom. The maximum atomic E-state index is 5.73. The fraction of sp³-hybridized carbons (Fsp3) is 0.600. The number of nitrogens with zero attached hydrogens (tertiary/aromatic N) is 3. The Balaban J connectivity index is 1.85. The topological polar surface area (TPSA) is 41.0 Å². The highest BCUT2D eigenvalue weighted by molar-refractivity contribution is 6.29. The van der Waals surface area contributed by atoms with Crippen LogP contribution in [0, 0.1) is 5.92 Å². The Bertz CT molecular complexity index is 353. The minimum Gasteiger partial charge on any atom is -0.351 e. The maximum absolute atomic E-state index is 5.73. The summed E-state index contributed by atoms with van der Waals surface area (Å²) < 4.78 is 0. The van der Waals surface area contributed by atoms with Gasteiger partial charge in [-0.05, 0) is 24.5 Å². The van der Waals surface area contributed by atoms with E-state index in [1.807, 2.05) is 6.07 Å². The lowest BCUT2D eigenvalue weighted by atomic mass is 10.1. The summed E-state index contributed by atoms with van der Waals surface area (Å²) in [6, 6.07) is 4.36. The highest BCUT2D eigenvalue weighted by Crippen LogP contribution is 2.30. The molecule has 4 nitrogen and oxygen atoms in total. The lowest BCUT2D eigenvalue weighted by Crippen LogP contribution is -2.34. The predicted octanol–water partition coefficient (Wildman–Crippen LogP) is 0.928. The summed E-state index contributed by atoms with van der Waals surface area (Å²) >= 11 is 5.73. The largest absolute Gasteiger partial charge is 0.351 e. The van der Waals surface area contributed by atoms with Crippen molar-refractivity contribution in [3.63, 3.8) is 0 Å². The Kier molecular flexibility index (Phi) is 2.25. The van der Waals surface area contributed by atoms with Gasteiger partial charge < -0.3 is 10.2 Å². The van der Waals surface area contributed by atoms with Crippen LogP contribution in [0.4, 0.5) is 5.82 Å². The van der Waals surface area contributed by atoms with Crippen LogP contribution in [0.25, 0.3) is 0 Å². The Hall–Kier alpha value is -0.870. The van der Waals surface area contributed by atoms with Gasteiger partial charge in [-0.3, -0.25) is 0 Å². The van der Waals surface area contributed by atoms with Crippen molar-refractivity contribution >= 4 is 17.4 Å². The smallest absolute Gasteiger partial charge is 0.151 e. The highest BCUT2D eigenvalue weighted by Gasteiger charge is 2.38. The molecular formula is C10H13ClN4. The molecule has 5 heteroatoms. The number of fused-ring (bicyclic) bond motifs is 1. The van der Waals surface area contributed by atoms with E-state index in [9.17, 15) is 0 Å². The number of hydrogen-bond donors (Lipinski definition) is 1. The summed E-state index contributed by atoms with van der Waals surface area (Å²) in [6.45, 7) is 3.30. The van der Waals surface area contributed by atoms with Crippen molar-refractivity contribution in [2.45, 2.75) is 12.5 Å². The molecule has 0 aliphatic carbocycles. The van der Waals surface area contributed by atoms with Crippen molar-refractivity contribution in [3.8, 4) is 0 Å². The van der Waals surface area contributed by atoms with Gasteiger partial charge in [0.2, 0.25) is 0 Å². The van der Waals surface area contributed by atoms with E-state index < -0.39 is 0 Å². The second-order valence-corrected chi connectivity index (χ2v) is 4.57. The SMILES string of the molecule is Clc1ccc(N2CC[C@H]3CNC[C@H]32)nn1. The van der Waals surface area contributed by atoms with Crippen LogP contribution in [0.2, 0.25) is 5.15 Å². The van der Waals surface area contributed by atoms with Crippen LogP contribution in [-0.2, 0) is 0 Å². The molecule has 15 heavy (non-hydrogen) atoms. The third-order valence-electron chi connectivity index (χ3n) is 3.36. The van der Waals surface area contributed by atoms with Gasteiger partial charge in [0.05, 0.1) is 0 Å². The minimum absolute atomic E-state index is 0.457. The molecule has 1 aromatic rings. The first-order chi connectivity index (χ1) is 7.34. The van der Waals surface area contributed by atoms with Crippen molar-refractivity contribution in [3.05, 3.63) is 17.3 Å². The minimum atomic E-state index is 0.457. The molecule has 2 aliphatic rings. The van der Waals surface area contributed by atoms with Crippen LogP contribution < -0.4 is 10.2 Å². The normalized spacial score (nSPS) is 29.5. The van der Waals surface area contributed by atoms with Crippen LogP contribution in [0.3, 0.4) is 0 Å². The van der Waals surface area contributed by atoms with E-state index in [4.69, 9.17) is 11.6 Å². The zero-order valence-electron chi connectivity index (χ0n) is 8.36. The van der Waals surface area contributed by atoms with Crippen LogP contribution in [0.15, 0.2) is 12.1 Å². The number of nitrogens with one attached hydrogen (secondary N) is 1. The molecule has 80 valence electrons. The van der Waals surface area contributed by atoms with Crippen molar-refractivity contribution in [1.29, 1.82) is 0 Å². The van der Waals surface area contributed by atoms with Gasteiger partial charge in [-0.2, -0.15) is 0 Å². The molecule has 2 aliphatic heterocycles. The molecular weight excluding hydrogens is 212 g/mol. The lowest BCUT2D eigenvalue weighted by Gasteiger charge is -2.23. The van der Waals surface area contributed by atoms with Crippen LogP contribution in [0.5, 0.6) is 0 Å². The monoisotopic (exact) mass is 224 g/mol. The van der Waals surface area contributed by atoms with Gasteiger partial charge in [0.15, 0.2) is 11.0 Å². The number of anilines is 1.